The van der Waals surface area contributed by atoms with Crippen molar-refractivity contribution in [2.45, 2.75) is 38.1 Å². The number of nitro groups is 1. The summed E-state index contributed by atoms with van der Waals surface area (Å²) >= 11 is 1.50. The molecule has 7 heteroatoms. The second-order valence-corrected chi connectivity index (χ2v) is 7.24. The van der Waals surface area contributed by atoms with Gasteiger partial charge in [0.05, 0.1) is 16.9 Å². The van der Waals surface area contributed by atoms with Gasteiger partial charge in [0.25, 0.3) is 5.69 Å². The van der Waals surface area contributed by atoms with E-state index in [1.54, 1.807) is 24.5 Å². The number of furan rings is 1. The topological polar surface area (TPSA) is 73.6 Å². The Hall–Kier alpha value is -2.67. The van der Waals surface area contributed by atoms with E-state index in [1.165, 1.54) is 36.7 Å². The summed E-state index contributed by atoms with van der Waals surface area (Å²) in [5.41, 5.74) is 1.40. The Bertz CT molecular complexity index is 966. The minimum atomic E-state index is -0.384. The predicted molar refractivity (Wildman–Crippen MR) is 100 cm³/mol. The third kappa shape index (κ3) is 3.22. The molecule has 134 valence electrons. The zero-order valence-electron chi connectivity index (χ0n) is 14.2. The van der Waals surface area contributed by atoms with Crippen molar-refractivity contribution < 1.29 is 9.34 Å². The van der Waals surface area contributed by atoms with Crippen molar-refractivity contribution in [1.29, 1.82) is 0 Å². The van der Waals surface area contributed by atoms with Crippen LogP contribution in [0.15, 0.2) is 57.5 Å². The average molecular weight is 369 g/mol. The number of nitro benzene ring substituents is 1. The van der Waals surface area contributed by atoms with Gasteiger partial charge < -0.3 is 8.98 Å². The first-order valence-electron chi connectivity index (χ1n) is 8.76. The van der Waals surface area contributed by atoms with Crippen LogP contribution in [0.2, 0.25) is 0 Å². The molecule has 2 aromatic heterocycles. The summed E-state index contributed by atoms with van der Waals surface area (Å²) in [6.45, 7) is 0. The quantitative estimate of drug-likeness (QED) is 0.453. The molecule has 0 spiro atoms. The highest BCUT2D eigenvalue weighted by molar-refractivity contribution is 7.07. The largest absolute Gasteiger partial charge is 0.463 e. The van der Waals surface area contributed by atoms with Crippen molar-refractivity contribution in [2.24, 2.45) is 4.99 Å². The maximum Gasteiger partial charge on any atom is 0.294 e. The highest BCUT2D eigenvalue weighted by Crippen LogP contribution is 2.33. The molecular weight excluding hydrogens is 350 g/mol. The summed E-state index contributed by atoms with van der Waals surface area (Å²) < 4.78 is 7.82. The van der Waals surface area contributed by atoms with Gasteiger partial charge in [-0.1, -0.05) is 31.4 Å². The normalized spacial score (nSPS) is 16.1. The minimum absolute atomic E-state index is 0.0237. The van der Waals surface area contributed by atoms with Crippen molar-refractivity contribution in [2.75, 3.05) is 0 Å². The molecule has 4 rings (SSSR count). The van der Waals surface area contributed by atoms with Crippen molar-refractivity contribution in [3.63, 3.8) is 0 Å². The molecule has 1 fully saturated rings. The Morgan fingerprint density at radius 2 is 1.96 bits per heavy atom. The van der Waals surface area contributed by atoms with E-state index in [1.807, 2.05) is 17.5 Å². The molecule has 0 atom stereocenters. The molecule has 2 heterocycles. The lowest BCUT2D eigenvalue weighted by atomic mass is 9.95. The number of benzene rings is 1. The van der Waals surface area contributed by atoms with Gasteiger partial charge >= 0.3 is 0 Å². The van der Waals surface area contributed by atoms with Crippen molar-refractivity contribution >= 4 is 22.7 Å². The number of thiazole rings is 1. The average Bonchev–Trinajstić information content (AvgIpc) is 3.32. The fraction of sp³-hybridized carbons (Fsp3) is 0.316. The van der Waals surface area contributed by atoms with Crippen LogP contribution in [0.3, 0.4) is 0 Å². The van der Waals surface area contributed by atoms with E-state index < -0.39 is 0 Å². The van der Waals surface area contributed by atoms with E-state index >= 15 is 0 Å². The molecule has 1 saturated carbocycles. The van der Waals surface area contributed by atoms with E-state index in [9.17, 15) is 10.1 Å². The number of hydrogen-bond donors (Lipinski definition) is 0. The Balaban J connectivity index is 1.88. The summed E-state index contributed by atoms with van der Waals surface area (Å²) in [6.07, 6.45) is 7.49. The standard InChI is InChI=1S/C19H19N3O3S/c23-22(24)16-10-5-4-9-15(16)20-19-21(14-7-2-1-3-8-14)17(13-26-19)18-11-6-12-25-18/h4-6,9-14H,1-3,7-8H2. The molecular formula is C19H19N3O3S. The highest BCUT2D eigenvalue weighted by atomic mass is 32.1. The Kier molecular flexibility index (Phi) is 4.71. The van der Waals surface area contributed by atoms with Crippen LogP contribution in [0.25, 0.3) is 11.5 Å². The van der Waals surface area contributed by atoms with Gasteiger partial charge in [0, 0.05) is 17.5 Å². The fourth-order valence-corrected chi connectivity index (χ4v) is 4.47. The van der Waals surface area contributed by atoms with E-state index in [0.29, 0.717) is 11.7 Å². The summed E-state index contributed by atoms with van der Waals surface area (Å²) in [5, 5.41) is 13.3. The van der Waals surface area contributed by atoms with Gasteiger partial charge in [-0.05, 0) is 31.0 Å². The lowest BCUT2D eigenvalue weighted by Crippen LogP contribution is -2.23. The first-order valence-corrected chi connectivity index (χ1v) is 9.64. The smallest absolute Gasteiger partial charge is 0.294 e. The van der Waals surface area contributed by atoms with Gasteiger partial charge in [-0.2, -0.15) is 0 Å². The first kappa shape index (κ1) is 16.8. The third-order valence-electron chi connectivity index (χ3n) is 4.75. The van der Waals surface area contributed by atoms with Crippen LogP contribution in [0.1, 0.15) is 38.1 Å². The van der Waals surface area contributed by atoms with Crippen LogP contribution in [0, 0.1) is 10.1 Å². The molecule has 0 unspecified atom stereocenters. The molecule has 0 radical (unpaired) electrons. The van der Waals surface area contributed by atoms with Crippen LogP contribution in [-0.4, -0.2) is 9.49 Å². The van der Waals surface area contributed by atoms with E-state index in [2.05, 4.69) is 9.56 Å². The van der Waals surface area contributed by atoms with Crippen molar-refractivity contribution in [3.05, 3.63) is 63.0 Å². The Labute approximate surface area is 154 Å². The second-order valence-electron chi connectivity index (χ2n) is 6.40. The number of hydrogen-bond acceptors (Lipinski definition) is 5. The molecule has 1 aromatic carbocycles. The molecule has 0 amide bonds. The number of rotatable bonds is 4. The summed E-state index contributed by atoms with van der Waals surface area (Å²) in [5.74, 6) is 0.802. The molecule has 6 nitrogen and oxygen atoms in total. The van der Waals surface area contributed by atoms with Crippen LogP contribution >= 0.6 is 11.3 Å². The molecule has 0 N–H and O–H groups in total. The molecule has 26 heavy (non-hydrogen) atoms. The lowest BCUT2D eigenvalue weighted by Gasteiger charge is -2.24. The van der Waals surface area contributed by atoms with Crippen LogP contribution in [0.5, 0.6) is 0 Å². The second kappa shape index (κ2) is 7.29. The lowest BCUT2D eigenvalue weighted by molar-refractivity contribution is -0.384. The molecule has 0 saturated heterocycles. The Morgan fingerprint density at radius 3 is 2.69 bits per heavy atom. The molecule has 0 aliphatic heterocycles. The molecule has 1 aliphatic carbocycles. The highest BCUT2D eigenvalue weighted by Gasteiger charge is 2.22. The summed E-state index contributed by atoms with van der Waals surface area (Å²) in [7, 11) is 0. The van der Waals surface area contributed by atoms with Gasteiger partial charge in [0.15, 0.2) is 10.6 Å². The zero-order chi connectivity index (χ0) is 17.9. The van der Waals surface area contributed by atoms with Gasteiger partial charge in [0.2, 0.25) is 0 Å². The summed E-state index contributed by atoms with van der Waals surface area (Å²) in [4.78, 5) is 16.4. The SMILES string of the molecule is O=[N+]([O-])c1ccccc1N=c1scc(-c2ccco2)n1C1CCCCC1. The predicted octanol–water partition coefficient (Wildman–Crippen LogP) is 5.46. The van der Waals surface area contributed by atoms with Crippen molar-refractivity contribution in [3.8, 4) is 11.5 Å². The Morgan fingerprint density at radius 1 is 1.15 bits per heavy atom. The number of nitrogens with zero attached hydrogens (tertiary/aromatic N) is 3. The van der Waals surface area contributed by atoms with Crippen LogP contribution in [0.4, 0.5) is 11.4 Å². The number of aromatic nitrogens is 1. The minimum Gasteiger partial charge on any atom is -0.463 e. The van der Waals surface area contributed by atoms with E-state index in [0.717, 1.165) is 29.1 Å². The first-order chi connectivity index (χ1) is 12.7. The van der Waals surface area contributed by atoms with Crippen molar-refractivity contribution in [1.82, 2.24) is 4.57 Å². The number of para-hydroxylation sites is 2. The van der Waals surface area contributed by atoms with Gasteiger partial charge in [-0.3, -0.25) is 10.1 Å². The maximum absolute atomic E-state index is 11.3. The molecule has 3 aromatic rings. The van der Waals surface area contributed by atoms with Gasteiger partial charge in [-0.25, -0.2) is 4.99 Å². The monoisotopic (exact) mass is 369 g/mol. The van der Waals surface area contributed by atoms with Crippen LogP contribution in [-0.2, 0) is 0 Å². The molecule has 0 bridgehead atoms. The van der Waals surface area contributed by atoms with Gasteiger partial charge in [0.1, 0.15) is 5.69 Å². The fourth-order valence-electron chi connectivity index (χ4n) is 3.51. The van der Waals surface area contributed by atoms with E-state index in [-0.39, 0.29) is 10.6 Å². The summed E-state index contributed by atoms with van der Waals surface area (Å²) in [6, 6.07) is 10.8. The van der Waals surface area contributed by atoms with Gasteiger partial charge in [-0.15, -0.1) is 11.3 Å². The van der Waals surface area contributed by atoms with Crippen LogP contribution < -0.4 is 4.80 Å². The maximum atomic E-state index is 11.3. The molecule has 1 aliphatic rings. The third-order valence-corrected chi connectivity index (χ3v) is 5.59. The van der Waals surface area contributed by atoms with E-state index in [4.69, 9.17) is 4.42 Å². The zero-order valence-corrected chi connectivity index (χ0v) is 15.0.